The maximum atomic E-state index is 12.4. The van der Waals surface area contributed by atoms with E-state index >= 15 is 0 Å². The minimum absolute atomic E-state index is 0.105. The van der Waals surface area contributed by atoms with E-state index in [1.165, 1.54) is 7.11 Å². The van der Waals surface area contributed by atoms with Crippen LogP contribution in [0.1, 0.15) is 21.5 Å². The molecule has 0 atom stereocenters. The Morgan fingerprint density at radius 3 is 2.52 bits per heavy atom. The van der Waals surface area contributed by atoms with Crippen LogP contribution in [-0.4, -0.2) is 24.9 Å². The number of halogens is 3. The van der Waals surface area contributed by atoms with Gasteiger partial charge in [-0.2, -0.15) is 0 Å². The average molecular weight is 594 g/mol. The van der Waals surface area contributed by atoms with Crippen LogP contribution in [0.4, 0.5) is 0 Å². The van der Waals surface area contributed by atoms with E-state index in [1.54, 1.807) is 60.7 Å². The Kier molecular flexibility index (Phi) is 7.02. The smallest absolute Gasteiger partial charge is 0.363 e. The van der Waals surface area contributed by atoms with E-state index in [9.17, 15) is 9.59 Å². The number of carbonyl (C=O) groups is 2. The molecule has 0 amide bonds. The second-order valence-electron chi connectivity index (χ2n) is 6.77. The average Bonchev–Trinajstić information content (AvgIpc) is 3.16. The van der Waals surface area contributed by atoms with Crippen LogP contribution in [0.3, 0.4) is 0 Å². The van der Waals surface area contributed by atoms with Gasteiger partial charge in [-0.25, -0.2) is 14.6 Å². The van der Waals surface area contributed by atoms with Gasteiger partial charge < -0.3 is 14.2 Å². The monoisotopic (exact) mass is 593 g/mol. The Hall–Kier alpha value is -2.88. The topological polar surface area (TPSA) is 74.2 Å². The van der Waals surface area contributed by atoms with Crippen LogP contribution in [-0.2, 0) is 9.53 Å². The van der Waals surface area contributed by atoms with Gasteiger partial charge >= 0.3 is 11.9 Å². The van der Waals surface area contributed by atoms with E-state index in [4.69, 9.17) is 37.4 Å². The van der Waals surface area contributed by atoms with Crippen molar-refractivity contribution in [3.63, 3.8) is 0 Å². The van der Waals surface area contributed by atoms with Crippen molar-refractivity contribution in [2.45, 2.75) is 0 Å². The maximum absolute atomic E-state index is 12.4. The lowest BCUT2D eigenvalue weighted by molar-refractivity contribution is -0.129. The highest BCUT2D eigenvalue weighted by Crippen LogP contribution is 2.31. The maximum Gasteiger partial charge on any atom is 0.363 e. The molecule has 0 aliphatic carbocycles. The van der Waals surface area contributed by atoms with Crippen molar-refractivity contribution in [2.75, 3.05) is 7.11 Å². The highest BCUT2D eigenvalue weighted by molar-refractivity contribution is 14.1. The molecular formula is C24H14Cl2INO5. The first-order valence-corrected chi connectivity index (χ1v) is 11.3. The van der Waals surface area contributed by atoms with Gasteiger partial charge in [0.05, 0.1) is 23.3 Å². The molecule has 0 radical (unpaired) electrons. The Morgan fingerprint density at radius 2 is 1.79 bits per heavy atom. The molecule has 1 aliphatic heterocycles. The number of hydrogen-bond acceptors (Lipinski definition) is 6. The lowest BCUT2D eigenvalue weighted by Crippen LogP contribution is -2.09. The van der Waals surface area contributed by atoms with Gasteiger partial charge in [0, 0.05) is 8.59 Å². The first-order valence-electron chi connectivity index (χ1n) is 9.48. The summed E-state index contributed by atoms with van der Waals surface area (Å²) in [5.41, 5.74) is 1.58. The first-order chi connectivity index (χ1) is 15.8. The van der Waals surface area contributed by atoms with Crippen molar-refractivity contribution in [3.8, 4) is 11.5 Å². The van der Waals surface area contributed by atoms with Gasteiger partial charge in [0.15, 0.2) is 17.2 Å². The molecule has 9 heteroatoms. The third-order valence-electron chi connectivity index (χ3n) is 4.55. The molecule has 1 heterocycles. The van der Waals surface area contributed by atoms with E-state index in [-0.39, 0.29) is 17.3 Å². The number of benzene rings is 3. The minimum Gasteiger partial charge on any atom is -0.493 e. The van der Waals surface area contributed by atoms with Gasteiger partial charge in [0.1, 0.15) is 0 Å². The van der Waals surface area contributed by atoms with E-state index in [0.29, 0.717) is 32.5 Å². The fraction of sp³-hybridized carbons (Fsp3) is 0.0417. The Morgan fingerprint density at radius 1 is 1.03 bits per heavy atom. The zero-order valence-electron chi connectivity index (χ0n) is 17.0. The number of nitrogens with zero attached hydrogens (tertiary/aromatic N) is 1. The molecule has 0 bridgehead atoms. The van der Waals surface area contributed by atoms with Crippen molar-refractivity contribution in [3.05, 3.63) is 96.7 Å². The summed E-state index contributed by atoms with van der Waals surface area (Å²) in [5.74, 6) is -0.488. The van der Waals surface area contributed by atoms with Gasteiger partial charge in [0.25, 0.3) is 0 Å². The number of ether oxygens (including phenoxy) is 3. The molecule has 1 aliphatic rings. The molecule has 33 heavy (non-hydrogen) atoms. The predicted molar refractivity (Wildman–Crippen MR) is 134 cm³/mol. The summed E-state index contributed by atoms with van der Waals surface area (Å²) in [6, 6.07) is 16.5. The fourth-order valence-electron chi connectivity index (χ4n) is 2.95. The van der Waals surface area contributed by atoms with Crippen molar-refractivity contribution >= 4 is 69.7 Å². The van der Waals surface area contributed by atoms with E-state index in [0.717, 1.165) is 3.57 Å². The number of cyclic esters (lactones) is 1. The number of methoxy groups -OCH3 is 1. The van der Waals surface area contributed by atoms with Crippen LogP contribution < -0.4 is 9.47 Å². The molecule has 0 unspecified atom stereocenters. The van der Waals surface area contributed by atoms with E-state index in [2.05, 4.69) is 27.6 Å². The van der Waals surface area contributed by atoms with Crippen LogP contribution >= 0.6 is 45.8 Å². The van der Waals surface area contributed by atoms with Crippen LogP contribution in [0.15, 0.2) is 71.4 Å². The number of hydrogen-bond donors (Lipinski definition) is 0. The van der Waals surface area contributed by atoms with Gasteiger partial charge in [-0.05, 0) is 88.8 Å². The Balaban J connectivity index is 1.59. The molecule has 166 valence electrons. The summed E-state index contributed by atoms with van der Waals surface area (Å²) in [4.78, 5) is 29.0. The van der Waals surface area contributed by atoms with Gasteiger partial charge in [-0.15, -0.1) is 0 Å². The molecule has 3 aromatic rings. The third-order valence-corrected chi connectivity index (χ3v) is 5.81. The summed E-state index contributed by atoms with van der Waals surface area (Å²) in [5, 5.41) is 0.943. The lowest BCUT2D eigenvalue weighted by atomic mass is 10.1. The zero-order valence-corrected chi connectivity index (χ0v) is 20.6. The standard InChI is InChI=1S/C24H14Cl2INO5/c1-31-21-11-13(2-9-20(21)32-23(29)14-3-5-15(25)6-4-14)10-19-24(30)33-22(28-19)17-12-16(27)7-8-18(17)26/h2-12H,1H3/b19-10-. The normalized spacial score (nSPS) is 14.1. The SMILES string of the molecule is COc1cc(/C=C2\N=C(c3cc(I)ccc3Cl)OC2=O)ccc1OC(=O)c1ccc(Cl)cc1. The summed E-state index contributed by atoms with van der Waals surface area (Å²) in [7, 11) is 1.45. The van der Waals surface area contributed by atoms with Crippen LogP contribution in [0.5, 0.6) is 11.5 Å². The number of carbonyl (C=O) groups excluding carboxylic acids is 2. The fourth-order valence-corrected chi connectivity index (χ4v) is 3.76. The molecule has 6 nitrogen and oxygen atoms in total. The third kappa shape index (κ3) is 5.38. The van der Waals surface area contributed by atoms with Crippen molar-refractivity contribution in [2.24, 2.45) is 4.99 Å². The first kappa shape index (κ1) is 23.3. The van der Waals surface area contributed by atoms with Crippen LogP contribution in [0, 0.1) is 3.57 Å². The minimum atomic E-state index is -0.600. The van der Waals surface area contributed by atoms with E-state index < -0.39 is 11.9 Å². The summed E-state index contributed by atoms with van der Waals surface area (Å²) in [6.07, 6.45) is 1.55. The molecule has 0 saturated heterocycles. The van der Waals surface area contributed by atoms with Crippen LogP contribution in [0.2, 0.25) is 10.0 Å². The lowest BCUT2D eigenvalue weighted by Gasteiger charge is -2.10. The van der Waals surface area contributed by atoms with Gasteiger partial charge in [-0.1, -0.05) is 29.3 Å². The second-order valence-corrected chi connectivity index (χ2v) is 8.86. The molecule has 0 spiro atoms. The van der Waals surface area contributed by atoms with Crippen molar-refractivity contribution in [1.82, 2.24) is 0 Å². The van der Waals surface area contributed by atoms with Gasteiger partial charge in [0.2, 0.25) is 5.90 Å². The largest absolute Gasteiger partial charge is 0.493 e. The quantitative estimate of drug-likeness (QED) is 0.153. The van der Waals surface area contributed by atoms with Crippen molar-refractivity contribution in [1.29, 1.82) is 0 Å². The molecule has 0 N–H and O–H groups in total. The number of aliphatic imine (C=N–C) groups is 1. The summed E-state index contributed by atoms with van der Waals surface area (Å²) >= 11 is 14.2. The molecule has 3 aromatic carbocycles. The second kappa shape index (κ2) is 9.94. The molecule has 4 rings (SSSR count). The Labute approximate surface area is 212 Å². The predicted octanol–water partition coefficient (Wildman–Crippen LogP) is 6.17. The van der Waals surface area contributed by atoms with Gasteiger partial charge in [-0.3, -0.25) is 0 Å². The van der Waals surface area contributed by atoms with Crippen LogP contribution in [0.25, 0.3) is 6.08 Å². The molecule has 0 saturated carbocycles. The van der Waals surface area contributed by atoms with Crippen molar-refractivity contribution < 1.29 is 23.8 Å². The summed E-state index contributed by atoms with van der Waals surface area (Å²) < 4.78 is 17.0. The number of esters is 2. The number of rotatable bonds is 5. The summed E-state index contributed by atoms with van der Waals surface area (Å²) in [6.45, 7) is 0. The highest BCUT2D eigenvalue weighted by Gasteiger charge is 2.26. The highest BCUT2D eigenvalue weighted by atomic mass is 127. The zero-order chi connectivity index (χ0) is 23.5. The molecular weight excluding hydrogens is 580 g/mol. The van der Waals surface area contributed by atoms with E-state index in [1.807, 2.05) is 6.07 Å². The Bertz CT molecular complexity index is 1320. The molecule has 0 aromatic heterocycles. The molecule has 0 fully saturated rings.